The molecular weight excluding hydrogens is 76.1 g/mol. The molecule has 0 amide bonds. The van der Waals surface area contributed by atoms with Gasteiger partial charge in [-0.05, 0) is 0 Å². The van der Waals surface area contributed by atoms with E-state index in [1.165, 1.54) is 19.3 Å². The summed E-state index contributed by atoms with van der Waals surface area (Å²) in [5.41, 5.74) is 0. The van der Waals surface area contributed by atoms with Crippen molar-refractivity contribution in [1.29, 1.82) is 0 Å². The first-order valence-corrected chi connectivity index (χ1v) is 1.50. The first-order valence-electron chi connectivity index (χ1n) is 1.50. The fourth-order valence-corrected chi connectivity index (χ4v) is 0. The molecule has 1 rings (SSSR count). The molecule has 1 heteroatoms. The van der Waals surface area contributed by atoms with Crippen LogP contribution in [0.15, 0.2) is 0 Å². The van der Waals surface area contributed by atoms with Crippen molar-refractivity contribution in [2.75, 3.05) is 0 Å². The zero-order valence-electron chi connectivity index (χ0n) is 2.83. The Bertz CT molecular complexity index is 8.00. The summed E-state index contributed by atoms with van der Waals surface area (Å²) in [4.78, 5) is 0. The minimum atomic E-state index is 0. The van der Waals surface area contributed by atoms with Gasteiger partial charge in [-0.2, -0.15) is 0 Å². The average Bonchev–Trinajstić information content (AvgIpc) is 1.46. The fraction of sp³-hybridized carbons (Fsp3) is 1.00. The molecule has 4 heavy (non-hydrogen) atoms. The van der Waals surface area contributed by atoms with Gasteiger partial charge >= 0.3 is 0 Å². The van der Waals surface area contributed by atoms with Crippen molar-refractivity contribution >= 4 is 37.7 Å². The second-order valence-electron chi connectivity index (χ2n) is 1.06. The molecule has 20 valence electrons. The molecule has 0 aliphatic heterocycles. The van der Waals surface area contributed by atoms with Crippen LogP contribution < -0.4 is 0 Å². The summed E-state index contributed by atoms with van der Waals surface area (Å²) in [6, 6.07) is 0. The van der Waals surface area contributed by atoms with Crippen LogP contribution in [0.5, 0.6) is 0 Å². The van der Waals surface area contributed by atoms with Gasteiger partial charge < -0.3 is 0 Å². The van der Waals surface area contributed by atoms with Gasteiger partial charge in [-0.3, -0.25) is 0 Å². The van der Waals surface area contributed by atoms with Crippen molar-refractivity contribution in [3.8, 4) is 0 Å². The summed E-state index contributed by atoms with van der Waals surface area (Å²) >= 11 is 0. The molecule has 0 aromatic rings. The van der Waals surface area contributed by atoms with Gasteiger partial charge in [0.25, 0.3) is 0 Å². The summed E-state index contributed by atoms with van der Waals surface area (Å²) in [7, 11) is 0. The Morgan fingerprint density at radius 2 is 1.00 bits per heavy atom. The van der Waals surface area contributed by atoms with Gasteiger partial charge in [0.15, 0.2) is 0 Å². The molecule has 0 atom stereocenters. The van der Waals surface area contributed by atoms with E-state index in [0.717, 1.165) is 0 Å². The molecule has 0 aromatic carbocycles. The molecule has 2 radical (unpaired) electrons. The van der Waals surface area contributed by atoms with E-state index >= 15 is 0 Å². The van der Waals surface area contributed by atoms with E-state index in [1.54, 1.807) is 0 Å². The molecule has 1 aliphatic rings. The van der Waals surface area contributed by atoms with Gasteiger partial charge in [-0.15, -0.1) is 0 Å². The van der Waals surface area contributed by atoms with Crippen molar-refractivity contribution in [2.45, 2.75) is 19.3 Å². The maximum atomic E-state index is 1.50. The predicted octanol–water partition coefficient (Wildman–Crippen LogP) is 0.789. The van der Waals surface area contributed by atoms with Crippen LogP contribution in [0.2, 0.25) is 0 Å². The second-order valence-corrected chi connectivity index (χ2v) is 1.06. The monoisotopic (exact) mass is 82.0 g/mol. The predicted molar refractivity (Wildman–Crippen MR) is 19.6 cm³/mol. The third-order valence-electron chi connectivity index (χ3n) is 0.354. The zero-order chi connectivity index (χ0) is 2.12. The van der Waals surface area contributed by atoms with E-state index in [9.17, 15) is 0 Å². The summed E-state index contributed by atoms with van der Waals surface area (Å²) in [5, 5.41) is 0. The van der Waals surface area contributed by atoms with Gasteiger partial charge in [0, 0.05) is 37.7 Å². The molecule has 0 unspecified atom stereocenters. The van der Waals surface area contributed by atoms with Crippen LogP contribution in [-0.4, -0.2) is 37.7 Å². The minimum absolute atomic E-state index is 0. The van der Waals surface area contributed by atoms with Crippen LogP contribution in [-0.2, 0) is 0 Å². The Morgan fingerprint density at radius 3 is 1.00 bits per heavy atom. The average molecular weight is 82.2 g/mol. The van der Waals surface area contributed by atoms with Gasteiger partial charge in [0.05, 0.1) is 0 Å². The Kier molecular flexibility index (Phi) is 3.28. The van der Waals surface area contributed by atoms with Gasteiger partial charge in [0.2, 0.25) is 0 Å². The number of rotatable bonds is 0. The largest absolute Gasteiger partial charge is 0.0533 e. The normalized spacial score (nSPS) is 18.0. The zero-order valence-corrected chi connectivity index (χ0v) is 5.04. The number of hydrogen-bond donors (Lipinski definition) is 0. The Morgan fingerprint density at radius 1 is 0.750 bits per heavy atom. The minimum Gasteiger partial charge on any atom is -0.0533 e. The van der Waals surface area contributed by atoms with Crippen molar-refractivity contribution in [3.63, 3.8) is 0 Å². The van der Waals surface area contributed by atoms with E-state index in [4.69, 9.17) is 0 Å². The smallest absolute Gasteiger partial charge is 0 e. The van der Waals surface area contributed by atoms with E-state index in [-0.39, 0.29) is 37.7 Å². The molecular formula is C3H6Ca. The Balaban J connectivity index is 0.0000000900. The van der Waals surface area contributed by atoms with Crippen molar-refractivity contribution < 1.29 is 0 Å². The van der Waals surface area contributed by atoms with Crippen molar-refractivity contribution in [2.24, 2.45) is 0 Å². The van der Waals surface area contributed by atoms with Crippen molar-refractivity contribution in [3.05, 3.63) is 0 Å². The molecule has 0 nitrogen and oxygen atoms in total. The molecule has 0 spiro atoms. The third-order valence-corrected chi connectivity index (χ3v) is 0.354. The molecule has 1 aliphatic carbocycles. The second kappa shape index (κ2) is 2.49. The molecule has 0 heterocycles. The summed E-state index contributed by atoms with van der Waals surface area (Å²) in [6.45, 7) is 0. The number of hydrogen-bond acceptors (Lipinski definition) is 0. The molecule has 1 saturated carbocycles. The quantitative estimate of drug-likeness (QED) is 0.379. The summed E-state index contributed by atoms with van der Waals surface area (Å²) < 4.78 is 0. The maximum Gasteiger partial charge on any atom is 0 e. The molecule has 0 N–H and O–H groups in total. The fourth-order valence-electron chi connectivity index (χ4n) is 0. The van der Waals surface area contributed by atoms with Crippen LogP contribution >= 0.6 is 0 Å². The van der Waals surface area contributed by atoms with E-state index < -0.39 is 0 Å². The first-order chi connectivity index (χ1) is 1.50. The maximum absolute atomic E-state index is 1.50. The van der Waals surface area contributed by atoms with Crippen LogP contribution in [0.4, 0.5) is 0 Å². The summed E-state index contributed by atoms with van der Waals surface area (Å²) in [6.07, 6.45) is 4.50. The van der Waals surface area contributed by atoms with E-state index in [1.807, 2.05) is 0 Å². The molecule has 0 saturated heterocycles. The van der Waals surface area contributed by atoms with E-state index in [0.29, 0.717) is 0 Å². The molecule has 1 fully saturated rings. The van der Waals surface area contributed by atoms with Crippen LogP contribution in [0.25, 0.3) is 0 Å². The topological polar surface area (TPSA) is 0 Å². The SMILES string of the molecule is C1CC1.[Ca]. The van der Waals surface area contributed by atoms with Crippen LogP contribution in [0.3, 0.4) is 0 Å². The third kappa shape index (κ3) is 3.26. The standard InChI is InChI=1S/C3H6.Ca/c1-2-3-1;/h1-3H2;. The molecule has 0 bridgehead atoms. The van der Waals surface area contributed by atoms with E-state index in [2.05, 4.69) is 0 Å². The first kappa shape index (κ1) is 5.26. The Labute approximate surface area is 56.6 Å². The van der Waals surface area contributed by atoms with Gasteiger partial charge in [-0.1, -0.05) is 19.3 Å². The van der Waals surface area contributed by atoms with Crippen LogP contribution in [0, 0.1) is 0 Å². The van der Waals surface area contributed by atoms with Gasteiger partial charge in [-0.25, -0.2) is 0 Å². The van der Waals surface area contributed by atoms with Crippen molar-refractivity contribution in [1.82, 2.24) is 0 Å². The van der Waals surface area contributed by atoms with Crippen LogP contribution in [0.1, 0.15) is 19.3 Å². The Hall–Kier alpha value is 1.26. The molecule has 0 aromatic heterocycles. The summed E-state index contributed by atoms with van der Waals surface area (Å²) in [5.74, 6) is 0. The van der Waals surface area contributed by atoms with Gasteiger partial charge in [0.1, 0.15) is 0 Å².